The van der Waals surface area contributed by atoms with Crippen molar-refractivity contribution in [2.75, 3.05) is 0 Å². The molecule has 0 saturated carbocycles. The highest BCUT2D eigenvalue weighted by Gasteiger charge is 2.13. The highest BCUT2D eigenvalue weighted by molar-refractivity contribution is 5.27. The van der Waals surface area contributed by atoms with E-state index in [-0.39, 0.29) is 0 Å². The van der Waals surface area contributed by atoms with Crippen LogP contribution in [0.25, 0.3) is 0 Å². The van der Waals surface area contributed by atoms with Crippen molar-refractivity contribution in [2.24, 2.45) is 5.73 Å². The van der Waals surface area contributed by atoms with Gasteiger partial charge in [-0.3, -0.25) is 4.98 Å². The Labute approximate surface area is 86.0 Å². The summed E-state index contributed by atoms with van der Waals surface area (Å²) >= 11 is 0. The summed E-state index contributed by atoms with van der Waals surface area (Å²) in [4.78, 5) is 3.66. The molecule has 2 aromatic rings. The van der Waals surface area contributed by atoms with Gasteiger partial charge < -0.3 is 5.73 Å². The number of hydrogen-bond donors (Lipinski definition) is 1. The van der Waals surface area contributed by atoms with Gasteiger partial charge in [-0.15, -0.1) is 0 Å². The van der Waals surface area contributed by atoms with Crippen molar-refractivity contribution >= 4 is 0 Å². The van der Waals surface area contributed by atoms with Crippen molar-refractivity contribution < 1.29 is 4.39 Å². The second-order valence-electron chi connectivity index (χ2n) is 3.05. The molecule has 76 valence electrons. The Kier molecular flexibility index (Phi) is 2.64. The van der Waals surface area contributed by atoms with Gasteiger partial charge in [0, 0.05) is 18.0 Å². The Morgan fingerprint density at radius 2 is 2.00 bits per heavy atom. The first-order valence-electron chi connectivity index (χ1n) is 4.40. The fraction of sp³-hybridized carbons (Fsp3) is 0.100. The first-order chi connectivity index (χ1) is 7.29. The summed E-state index contributed by atoms with van der Waals surface area (Å²) < 4.78 is 13.3. The van der Waals surface area contributed by atoms with E-state index in [2.05, 4.69) is 15.2 Å². The molecule has 1 atom stereocenters. The molecule has 0 bridgehead atoms. The third-order valence-corrected chi connectivity index (χ3v) is 2.11. The summed E-state index contributed by atoms with van der Waals surface area (Å²) in [5.74, 6) is -0.415. The van der Waals surface area contributed by atoms with E-state index in [0.717, 1.165) is 11.8 Å². The Morgan fingerprint density at radius 1 is 1.13 bits per heavy atom. The Morgan fingerprint density at radius 3 is 2.67 bits per heavy atom. The standard InChI is InChI=1S/C10H9FN4/c11-9-6-13-3-2-8(9)10(12)7-1-4-14-15-5-7/h1-6,10H,12H2. The molecule has 1 unspecified atom stereocenters. The molecule has 2 heterocycles. The molecular weight excluding hydrogens is 195 g/mol. The number of nitrogens with zero attached hydrogens (tertiary/aromatic N) is 3. The van der Waals surface area contributed by atoms with Crippen LogP contribution >= 0.6 is 0 Å². The number of pyridine rings is 1. The minimum absolute atomic E-state index is 0.401. The molecule has 0 spiro atoms. The predicted octanol–water partition coefficient (Wildman–Crippen LogP) is 1.06. The Balaban J connectivity index is 2.37. The molecule has 0 saturated heterocycles. The lowest BCUT2D eigenvalue weighted by molar-refractivity contribution is 0.592. The van der Waals surface area contributed by atoms with E-state index in [1.54, 1.807) is 12.1 Å². The molecule has 2 aromatic heterocycles. The second kappa shape index (κ2) is 4.10. The highest BCUT2D eigenvalue weighted by Crippen LogP contribution is 2.19. The zero-order valence-corrected chi connectivity index (χ0v) is 7.84. The van der Waals surface area contributed by atoms with Crippen LogP contribution in [0.15, 0.2) is 36.9 Å². The average molecular weight is 204 g/mol. The molecule has 15 heavy (non-hydrogen) atoms. The second-order valence-corrected chi connectivity index (χ2v) is 3.05. The van der Waals surface area contributed by atoms with E-state index in [1.165, 1.54) is 18.6 Å². The molecule has 0 aliphatic rings. The molecule has 2 N–H and O–H groups in total. The molecule has 5 heteroatoms. The van der Waals surface area contributed by atoms with Crippen LogP contribution in [0.4, 0.5) is 4.39 Å². The van der Waals surface area contributed by atoms with E-state index >= 15 is 0 Å². The van der Waals surface area contributed by atoms with Gasteiger partial charge in [0.1, 0.15) is 5.82 Å². The predicted molar refractivity (Wildman–Crippen MR) is 52.3 cm³/mol. The minimum atomic E-state index is -0.538. The third kappa shape index (κ3) is 1.97. The first-order valence-corrected chi connectivity index (χ1v) is 4.40. The van der Waals surface area contributed by atoms with Crippen LogP contribution in [-0.2, 0) is 0 Å². The van der Waals surface area contributed by atoms with Crippen molar-refractivity contribution in [3.63, 3.8) is 0 Å². The molecule has 0 amide bonds. The van der Waals surface area contributed by atoms with Crippen molar-refractivity contribution in [3.8, 4) is 0 Å². The molecule has 0 aliphatic carbocycles. The first kappa shape index (κ1) is 9.67. The Hall–Kier alpha value is -1.88. The number of rotatable bonds is 2. The van der Waals surface area contributed by atoms with Crippen LogP contribution in [0.3, 0.4) is 0 Å². The lowest BCUT2D eigenvalue weighted by Gasteiger charge is -2.11. The van der Waals surface area contributed by atoms with Crippen molar-refractivity contribution in [3.05, 3.63) is 53.9 Å². The van der Waals surface area contributed by atoms with Gasteiger partial charge in [-0.2, -0.15) is 10.2 Å². The maximum Gasteiger partial charge on any atom is 0.146 e. The summed E-state index contributed by atoms with van der Waals surface area (Å²) in [7, 11) is 0. The van der Waals surface area contributed by atoms with Crippen LogP contribution < -0.4 is 5.73 Å². The zero-order chi connectivity index (χ0) is 10.7. The van der Waals surface area contributed by atoms with Crippen LogP contribution in [0.1, 0.15) is 17.2 Å². The summed E-state index contributed by atoms with van der Waals surface area (Å²) in [6, 6.07) is 2.72. The molecule has 4 nitrogen and oxygen atoms in total. The molecule has 0 aromatic carbocycles. The summed E-state index contributed by atoms with van der Waals surface area (Å²) in [5, 5.41) is 7.33. The van der Waals surface area contributed by atoms with Crippen LogP contribution in [0.2, 0.25) is 0 Å². The molecule has 0 aliphatic heterocycles. The van der Waals surface area contributed by atoms with E-state index in [1.807, 2.05) is 0 Å². The average Bonchev–Trinajstić information content (AvgIpc) is 2.30. The highest BCUT2D eigenvalue weighted by atomic mass is 19.1. The van der Waals surface area contributed by atoms with Gasteiger partial charge in [-0.1, -0.05) is 0 Å². The number of hydrogen-bond acceptors (Lipinski definition) is 4. The van der Waals surface area contributed by atoms with E-state index < -0.39 is 11.9 Å². The summed E-state index contributed by atoms with van der Waals surface area (Å²) in [6.45, 7) is 0. The maximum atomic E-state index is 13.3. The fourth-order valence-corrected chi connectivity index (χ4v) is 1.30. The molecule has 0 fully saturated rings. The van der Waals surface area contributed by atoms with Crippen molar-refractivity contribution in [2.45, 2.75) is 6.04 Å². The van der Waals surface area contributed by atoms with Crippen LogP contribution in [-0.4, -0.2) is 15.2 Å². The topological polar surface area (TPSA) is 64.7 Å². The van der Waals surface area contributed by atoms with Crippen molar-refractivity contribution in [1.29, 1.82) is 0 Å². The molecule has 0 radical (unpaired) electrons. The lowest BCUT2D eigenvalue weighted by atomic mass is 10.0. The molecular formula is C10H9FN4. The van der Waals surface area contributed by atoms with E-state index in [9.17, 15) is 4.39 Å². The largest absolute Gasteiger partial charge is 0.320 e. The number of halogens is 1. The monoisotopic (exact) mass is 204 g/mol. The van der Waals surface area contributed by atoms with E-state index in [4.69, 9.17) is 5.73 Å². The smallest absolute Gasteiger partial charge is 0.146 e. The normalized spacial score (nSPS) is 12.4. The number of aromatic nitrogens is 3. The van der Waals surface area contributed by atoms with Gasteiger partial charge in [-0.25, -0.2) is 4.39 Å². The maximum absolute atomic E-state index is 13.3. The quantitative estimate of drug-likeness (QED) is 0.794. The molecule has 2 rings (SSSR count). The van der Waals surface area contributed by atoms with Crippen LogP contribution in [0.5, 0.6) is 0 Å². The lowest BCUT2D eigenvalue weighted by Crippen LogP contribution is -2.14. The van der Waals surface area contributed by atoms with Gasteiger partial charge >= 0.3 is 0 Å². The van der Waals surface area contributed by atoms with E-state index in [0.29, 0.717) is 5.56 Å². The number of nitrogens with two attached hydrogens (primary N) is 1. The van der Waals surface area contributed by atoms with Gasteiger partial charge in [0.25, 0.3) is 0 Å². The summed E-state index contributed by atoms with van der Waals surface area (Å²) in [6.07, 6.45) is 5.69. The summed E-state index contributed by atoms with van der Waals surface area (Å²) in [5.41, 5.74) is 7.00. The fourth-order valence-electron chi connectivity index (χ4n) is 1.30. The van der Waals surface area contributed by atoms with Crippen LogP contribution in [0, 0.1) is 5.82 Å². The minimum Gasteiger partial charge on any atom is -0.320 e. The van der Waals surface area contributed by atoms with Gasteiger partial charge in [0.05, 0.1) is 18.4 Å². The van der Waals surface area contributed by atoms with Gasteiger partial charge in [0.2, 0.25) is 0 Å². The SMILES string of the molecule is NC(c1ccnnc1)c1ccncc1F. The van der Waals surface area contributed by atoms with Gasteiger partial charge in [0.15, 0.2) is 0 Å². The van der Waals surface area contributed by atoms with Crippen molar-refractivity contribution in [1.82, 2.24) is 15.2 Å². The Bertz CT molecular complexity index is 446. The zero-order valence-electron chi connectivity index (χ0n) is 7.84. The third-order valence-electron chi connectivity index (χ3n) is 2.11. The van der Waals surface area contributed by atoms with Gasteiger partial charge in [-0.05, 0) is 17.7 Å².